The van der Waals surface area contributed by atoms with Gasteiger partial charge in [0.1, 0.15) is 5.76 Å². The summed E-state index contributed by atoms with van der Waals surface area (Å²) in [4.78, 5) is 21.7. The van der Waals surface area contributed by atoms with E-state index in [-0.39, 0.29) is 11.8 Å². The third-order valence-corrected chi connectivity index (χ3v) is 6.51. The maximum absolute atomic E-state index is 13.3. The van der Waals surface area contributed by atoms with Gasteiger partial charge in [-0.25, -0.2) is 0 Å². The molecule has 0 spiro atoms. The van der Waals surface area contributed by atoms with Crippen molar-refractivity contribution in [3.63, 3.8) is 0 Å². The number of piperidine rings is 1. The zero-order valence-electron chi connectivity index (χ0n) is 18.4. The smallest absolute Gasteiger partial charge is 0.289 e. The van der Waals surface area contributed by atoms with Crippen LogP contribution < -0.4 is 0 Å². The van der Waals surface area contributed by atoms with Crippen LogP contribution in [0.5, 0.6) is 0 Å². The van der Waals surface area contributed by atoms with Crippen molar-refractivity contribution in [2.75, 3.05) is 39.4 Å². The van der Waals surface area contributed by atoms with E-state index in [4.69, 9.17) is 9.15 Å². The number of ether oxygens (including phenoxy) is 1. The van der Waals surface area contributed by atoms with Crippen LogP contribution >= 0.6 is 0 Å². The van der Waals surface area contributed by atoms with Gasteiger partial charge in [0.05, 0.1) is 19.4 Å². The van der Waals surface area contributed by atoms with Crippen molar-refractivity contribution in [1.29, 1.82) is 0 Å². The van der Waals surface area contributed by atoms with Gasteiger partial charge < -0.3 is 14.1 Å². The molecule has 5 heterocycles. The Hall–Kier alpha value is -2.97. The van der Waals surface area contributed by atoms with Gasteiger partial charge >= 0.3 is 0 Å². The zero-order chi connectivity index (χ0) is 21.9. The van der Waals surface area contributed by atoms with E-state index in [9.17, 15) is 4.79 Å². The van der Waals surface area contributed by atoms with Gasteiger partial charge in [-0.2, -0.15) is 5.10 Å². The second kappa shape index (κ2) is 9.26. The van der Waals surface area contributed by atoms with Crippen molar-refractivity contribution in [1.82, 2.24) is 25.0 Å². The standard InChI is InChI=1S/C24H29N5O3/c1-17-20(15-28-9-11-31-12-10-28)13-22(32-17)24(30)29-8-2-3-19(16-29)23-21(14-26-27-23)18-4-6-25-7-5-18/h4-7,13-14,19H,2-3,8-12,15-16H2,1H3,(H,26,27)/t19-/m0/s1. The van der Waals surface area contributed by atoms with E-state index in [1.165, 1.54) is 0 Å². The summed E-state index contributed by atoms with van der Waals surface area (Å²) in [5.41, 5.74) is 4.32. The van der Waals surface area contributed by atoms with Crippen molar-refractivity contribution in [3.8, 4) is 11.1 Å². The van der Waals surface area contributed by atoms with Crippen LogP contribution in [0.25, 0.3) is 11.1 Å². The van der Waals surface area contributed by atoms with Gasteiger partial charge in [-0.05, 0) is 43.5 Å². The van der Waals surface area contributed by atoms with Crippen LogP contribution in [0.15, 0.2) is 41.2 Å². The maximum atomic E-state index is 13.3. The number of aryl methyl sites for hydroxylation is 1. The van der Waals surface area contributed by atoms with E-state index in [0.29, 0.717) is 12.3 Å². The fourth-order valence-corrected chi connectivity index (χ4v) is 4.70. The number of nitrogens with zero attached hydrogens (tertiary/aromatic N) is 4. The van der Waals surface area contributed by atoms with Crippen molar-refractivity contribution in [2.24, 2.45) is 0 Å². The summed E-state index contributed by atoms with van der Waals surface area (Å²) in [6, 6.07) is 5.90. The van der Waals surface area contributed by atoms with Crippen LogP contribution in [-0.4, -0.2) is 70.3 Å². The second-order valence-electron chi connectivity index (χ2n) is 8.60. The Labute approximate surface area is 187 Å². The Morgan fingerprint density at radius 2 is 2.03 bits per heavy atom. The van der Waals surface area contributed by atoms with Crippen molar-refractivity contribution in [2.45, 2.75) is 32.2 Å². The lowest BCUT2D eigenvalue weighted by Gasteiger charge is -2.32. The fourth-order valence-electron chi connectivity index (χ4n) is 4.70. The third-order valence-electron chi connectivity index (χ3n) is 6.51. The van der Waals surface area contributed by atoms with Gasteiger partial charge in [0.2, 0.25) is 0 Å². The molecule has 2 aliphatic heterocycles. The molecule has 8 heteroatoms. The summed E-state index contributed by atoms with van der Waals surface area (Å²) in [6.07, 6.45) is 7.40. The summed E-state index contributed by atoms with van der Waals surface area (Å²) in [6.45, 7) is 7.46. The SMILES string of the molecule is Cc1oc(C(=O)N2CCC[C@H](c3[nH]ncc3-c3ccncc3)C2)cc1CN1CCOCC1. The zero-order valence-corrected chi connectivity index (χ0v) is 18.4. The number of morpholine rings is 1. The normalized spacial score (nSPS) is 19.9. The molecule has 0 saturated carbocycles. The van der Waals surface area contributed by atoms with E-state index in [0.717, 1.165) is 80.4 Å². The minimum atomic E-state index is -0.0315. The number of carbonyl (C=O) groups is 1. The molecule has 1 N–H and O–H groups in total. The van der Waals surface area contributed by atoms with Gasteiger partial charge in [0.15, 0.2) is 5.76 Å². The number of nitrogens with one attached hydrogen (secondary N) is 1. The van der Waals surface area contributed by atoms with E-state index >= 15 is 0 Å². The first-order chi connectivity index (χ1) is 15.7. The number of H-pyrrole nitrogens is 1. The second-order valence-corrected chi connectivity index (χ2v) is 8.60. The molecule has 2 fully saturated rings. The number of pyridine rings is 1. The third kappa shape index (κ3) is 4.33. The molecular formula is C24H29N5O3. The molecular weight excluding hydrogens is 406 g/mol. The Morgan fingerprint density at radius 1 is 1.22 bits per heavy atom. The maximum Gasteiger partial charge on any atom is 0.289 e. The van der Waals surface area contributed by atoms with E-state index < -0.39 is 0 Å². The van der Waals surface area contributed by atoms with Crippen molar-refractivity contribution < 1.29 is 13.9 Å². The van der Waals surface area contributed by atoms with Gasteiger partial charge in [0, 0.05) is 67.9 Å². The highest BCUT2D eigenvalue weighted by Crippen LogP contribution is 2.33. The number of furan rings is 1. The summed E-state index contributed by atoms with van der Waals surface area (Å²) >= 11 is 0. The minimum Gasteiger partial charge on any atom is -0.456 e. The number of aromatic amines is 1. The summed E-state index contributed by atoms with van der Waals surface area (Å²) < 4.78 is 11.3. The largest absolute Gasteiger partial charge is 0.456 e. The predicted octanol–water partition coefficient (Wildman–Crippen LogP) is 3.23. The number of amides is 1. The summed E-state index contributed by atoms with van der Waals surface area (Å²) in [7, 11) is 0. The minimum absolute atomic E-state index is 0.0315. The van der Waals surface area contributed by atoms with Crippen LogP contribution in [0.1, 0.15) is 46.3 Å². The quantitative estimate of drug-likeness (QED) is 0.662. The molecule has 0 aliphatic carbocycles. The van der Waals surface area contributed by atoms with Crippen LogP contribution in [0.4, 0.5) is 0 Å². The van der Waals surface area contributed by atoms with Crippen LogP contribution in [0.3, 0.4) is 0 Å². The molecule has 3 aromatic rings. The fraction of sp³-hybridized carbons (Fsp3) is 0.458. The Bertz CT molecular complexity index is 1050. The van der Waals surface area contributed by atoms with Crippen molar-refractivity contribution in [3.05, 3.63) is 59.6 Å². The molecule has 168 valence electrons. The van der Waals surface area contributed by atoms with E-state index in [2.05, 4.69) is 20.1 Å². The van der Waals surface area contributed by atoms with Crippen molar-refractivity contribution >= 4 is 5.91 Å². The molecule has 0 aromatic carbocycles. The molecule has 32 heavy (non-hydrogen) atoms. The number of aromatic nitrogens is 3. The first-order valence-electron chi connectivity index (χ1n) is 11.3. The molecule has 3 aromatic heterocycles. The molecule has 2 saturated heterocycles. The monoisotopic (exact) mass is 435 g/mol. The molecule has 0 radical (unpaired) electrons. The summed E-state index contributed by atoms with van der Waals surface area (Å²) in [5, 5.41) is 7.48. The Balaban J connectivity index is 1.30. The molecule has 2 aliphatic rings. The van der Waals surface area contributed by atoms with Crippen LogP contribution in [0.2, 0.25) is 0 Å². The van der Waals surface area contributed by atoms with Crippen LogP contribution in [0, 0.1) is 6.92 Å². The Morgan fingerprint density at radius 3 is 2.84 bits per heavy atom. The number of likely N-dealkylation sites (tertiary alicyclic amines) is 1. The molecule has 1 atom stereocenters. The van der Waals surface area contributed by atoms with E-state index in [1.54, 1.807) is 12.4 Å². The predicted molar refractivity (Wildman–Crippen MR) is 119 cm³/mol. The first kappa shape index (κ1) is 20.9. The highest BCUT2D eigenvalue weighted by atomic mass is 16.5. The molecule has 0 unspecified atom stereocenters. The van der Waals surface area contributed by atoms with E-state index in [1.807, 2.05) is 36.2 Å². The lowest BCUT2D eigenvalue weighted by Crippen LogP contribution is -2.39. The molecule has 8 nitrogen and oxygen atoms in total. The number of hydrogen-bond donors (Lipinski definition) is 1. The molecule has 1 amide bonds. The summed E-state index contributed by atoms with van der Waals surface area (Å²) in [5.74, 6) is 1.44. The lowest BCUT2D eigenvalue weighted by molar-refractivity contribution is 0.0340. The number of hydrogen-bond acceptors (Lipinski definition) is 6. The molecule has 0 bridgehead atoms. The first-order valence-corrected chi connectivity index (χ1v) is 11.3. The Kier molecular flexibility index (Phi) is 6.05. The highest BCUT2D eigenvalue weighted by Gasteiger charge is 2.30. The highest BCUT2D eigenvalue weighted by molar-refractivity contribution is 5.92. The average molecular weight is 436 g/mol. The number of rotatable bonds is 5. The average Bonchev–Trinajstić information content (AvgIpc) is 3.47. The topological polar surface area (TPSA) is 87.5 Å². The van der Waals surface area contributed by atoms with Gasteiger partial charge in [0.25, 0.3) is 5.91 Å². The van der Waals surface area contributed by atoms with Crippen LogP contribution in [-0.2, 0) is 11.3 Å². The number of carbonyl (C=O) groups excluding carboxylic acids is 1. The van der Waals surface area contributed by atoms with Gasteiger partial charge in [-0.3, -0.25) is 19.8 Å². The lowest BCUT2D eigenvalue weighted by atomic mass is 9.90. The molecule has 5 rings (SSSR count). The van der Waals surface area contributed by atoms with Gasteiger partial charge in [-0.1, -0.05) is 0 Å². The van der Waals surface area contributed by atoms with Gasteiger partial charge in [-0.15, -0.1) is 0 Å².